The zero-order valence-electron chi connectivity index (χ0n) is 26.7. The smallest absolute Gasteiger partial charge is 0.165 e. The minimum absolute atomic E-state index is 0.581. The first-order valence-electron chi connectivity index (χ1n) is 16.6. The second-order valence-corrected chi connectivity index (χ2v) is 13.4. The number of rotatable bonds is 5. The van der Waals surface area contributed by atoms with Gasteiger partial charge in [-0.1, -0.05) is 133 Å². The molecular formula is C44H27N5S. The third-order valence-electron chi connectivity index (χ3n) is 9.31. The average molecular weight is 658 g/mol. The van der Waals surface area contributed by atoms with Gasteiger partial charge in [0.05, 0.1) is 15.7 Å². The maximum atomic E-state index is 5.13. The zero-order chi connectivity index (χ0) is 33.0. The monoisotopic (exact) mass is 657 g/mol. The van der Waals surface area contributed by atoms with E-state index in [4.69, 9.17) is 19.9 Å². The summed E-state index contributed by atoms with van der Waals surface area (Å²) in [6.07, 6.45) is 1.89. The Morgan fingerprint density at radius 1 is 0.420 bits per heavy atom. The van der Waals surface area contributed by atoms with Crippen LogP contribution in [0.25, 0.3) is 93.1 Å². The molecule has 0 unspecified atom stereocenters. The minimum Gasteiger partial charge on any atom is -0.292 e. The summed E-state index contributed by atoms with van der Waals surface area (Å²) in [6, 6.07) is 54.8. The number of nitrogens with zero attached hydrogens (tertiary/aromatic N) is 5. The van der Waals surface area contributed by atoms with E-state index in [1.807, 2.05) is 78.2 Å². The molecule has 6 heteroatoms. The topological polar surface area (TPSA) is 56.5 Å². The summed E-state index contributed by atoms with van der Waals surface area (Å²) in [4.78, 5) is 19.9. The van der Waals surface area contributed by atoms with E-state index >= 15 is 0 Å². The van der Waals surface area contributed by atoms with Crippen LogP contribution < -0.4 is 0 Å². The summed E-state index contributed by atoms with van der Waals surface area (Å²) in [5.74, 6) is 2.67. The molecule has 10 rings (SSSR count). The van der Waals surface area contributed by atoms with Gasteiger partial charge in [0.25, 0.3) is 0 Å². The van der Waals surface area contributed by atoms with Crippen LogP contribution in [0.4, 0.5) is 0 Å². The van der Waals surface area contributed by atoms with E-state index in [-0.39, 0.29) is 0 Å². The Morgan fingerprint density at radius 3 is 1.64 bits per heavy atom. The molecule has 50 heavy (non-hydrogen) atoms. The van der Waals surface area contributed by atoms with E-state index in [0.717, 1.165) is 28.0 Å². The van der Waals surface area contributed by atoms with Crippen LogP contribution in [0.2, 0.25) is 0 Å². The van der Waals surface area contributed by atoms with Gasteiger partial charge in [0.1, 0.15) is 5.82 Å². The standard InChI is InChI=1S/C44H27N5S/c1-4-12-28(13-5-1)31-20-22-33-35-23-24-36-34-18-10-11-19-38(34)50-41(36)40(35)49(37(33)26-31)39-25-21-32(27-45-39)44-47-42(29-14-6-2-7-15-29)46-43(48-44)30-16-8-3-9-17-30/h1-27H. The van der Waals surface area contributed by atoms with Gasteiger partial charge in [-0.15, -0.1) is 11.3 Å². The predicted molar refractivity (Wildman–Crippen MR) is 207 cm³/mol. The molecule has 0 saturated carbocycles. The van der Waals surface area contributed by atoms with Crippen LogP contribution in [-0.2, 0) is 0 Å². The van der Waals surface area contributed by atoms with Gasteiger partial charge in [0.2, 0.25) is 0 Å². The predicted octanol–water partition coefficient (Wildman–Crippen LogP) is 11.4. The number of benzene rings is 6. The molecule has 0 spiro atoms. The third-order valence-corrected chi connectivity index (χ3v) is 10.5. The van der Waals surface area contributed by atoms with Gasteiger partial charge in [-0.2, -0.15) is 0 Å². The highest BCUT2D eigenvalue weighted by atomic mass is 32.1. The van der Waals surface area contributed by atoms with Crippen molar-refractivity contribution in [2.75, 3.05) is 0 Å². The molecule has 5 nitrogen and oxygen atoms in total. The van der Waals surface area contributed by atoms with Crippen molar-refractivity contribution < 1.29 is 0 Å². The van der Waals surface area contributed by atoms with E-state index in [2.05, 4.69) is 102 Å². The highest BCUT2D eigenvalue weighted by molar-refractivity contribution is 7.26. The Balaban J connectivity index is 1.19. The summed E-state index contributed by atoms with van der Waals surface area (Å²) in [7, 11) is 0. The lowest BCUT2D eigenvalue weighted by Crippen LogP contribution is -2.01. The molecule has 0 aliphatic heterocycles. The van der Waals surface area contributed by atoms with Crippen molar-refractivity contribution >= 4 is 53.3 Å². The van der Waals surface area contributed by atoms with E-state index in [0.29, 0.717) is 17.5 Å². The summed E-state index contributed by atoms with van der Waals surface area (Å²) in [6.45, 7) is 0. The molecule has 0 saturated heterocycles. The van der Waals surface area contributed by atoms with Crippen molar-refractivity contribution in [3.05, 3.63) is 164 Å². The Bertz CT molecular complexity index is 2780. The van der Waals surface area contributed by atoms with Gasteiger partial charge in [-0.3, -0.25) is 4.57 Å². The molecule has 0 N–H and O–H groups in total. The molecule has 0 fully saturated rings. The fraction of sp³-hybridized carbons (Fsp3) is 0. The lowest BCUT2D eigenvalue weighted by molar-refractivity contribution is 1.05. The molecule has 0 amide bonds. The van der Waals surface area contributed by atoms with Crippen LogP contribution in [0.1, 0.15) is 0 Å². The number of hydrogen-bond donors (Lipinski definition) is 0. The maximum Gasteiger partial charge on any atom is 0.165 e. The van der Waals surface area contributed by atoms with Crippen LogP contribution in [0.15, 0.2) is 164 Å². The lowest BCUT2D eigenvalue weighted by atomic mass is 10.0. The molecule has 4 aromatic heterocycles. The first kappa shape index (κ1) is 28.5. The van der Waals surface area contributed by atoms with Gasteiger partial charge in [0, 0.05) is 49.1 Å². The number of thiophene rings is 1. The highest BCUT2D eigenvalue weighted by Crippen LogP contribution is 2.43. The largest absolute Gasteiger partial charge is 0.292 e. The quantitative estimate of drug-likeness (QED) is 0.185. The van der Waals surface area contributed by atoms with Gasteiger partial charge < -0.3 is 0 Å². The van der Waals surface area contributed by atoms with Crippen molar-refractivity contribution in [3.63, 3.8) is 0 Å². The average Bonchev–Trinajstić information content (AvgIpc) is 3.74. The maximum absolute atomic E-state index is 5.13. The number of aromatic nitrogens is 5. The Labute approximate surface area is 291 Å². The third kappa shape index (κ3) is 4.69. The van der Waals surface area contributed by atoms with E-state index < -0.39 is 0 Å². The van der Waals surface area contributed by atoms with E-state index in [1.165, 1.54) is 47.6 Å². The first-order chi connectivity index (χ1) is 24.8. The fourth-order valence-corrected chi connectivity index (χ4v) is 8.16. The zero-order valence-corrected chi connectivity index (χ0v) is 27.5. The molecular weight excluding hydrogens is 631 g/mol. The normalized spacial score (nSPS) is 11.6. The fourth-order valence-electron chi connectivity index (χ4n) is 6.92. The molecule has 0 aliphatic carbocycles. The van der Waals surface area contributed by atoms with Crippen LogP contribution in [0, 0.1) is 0 Å². The van der Waals surface area contributed by atoms with Crippen molar-refractivity contribution in [1.82, 2.24) is 24.5 Å². The summed E-state index contributed by atoms with van der Waals surface area (Å²) in [5, 5.41) is 4.94. The van der Waals surface area contributed by atoms with Crippen LogP contribution in [-0.4, -0.2) is 24.5 Å². The van der Waals surface area contributed by atoms with E-state index in [9.17, 15) is 0 Å². The number of hydrogen-bond acceptors (Lipinski definition) is 5. The SMILES string of the molecule is c1ccc(-c2ccc3c4ccc5c6ccccc6sc5c4n(-c4ccc(-c5nc(-c6ccccc6)nc(-c6ccccc6)n5)cn4)c3c2)cc1. The Hall–Kier alpha value is -6.50. The van der Waals surface area contributed by atoms with Gasteiger partial charge in [0.15, 0.2) is 17.5 Å². The number of pyridine rings is 1. The van der Waals surface area contributed by atoms with Crippen molar-refractivity contribution in [2.45, 2.75) is 0 Å². The molecule has 6 aromatic carbocycles. The van der Waals surface area contributed by atoms with Crippen LogP contribution >= 0.6 is 11.3 Å². The second kappa shape index (κ2) is 11.6. The summed E-state index contributed by atoms with van der Waals surface area (Å²) >= 11 is 1.84. The molecule has 10 aromatic rings. The number of fused-ring (bicyclic) bond motifs is 7. The molecule has 4 heterocycles. The Morgan fingerprint density at radius 2 is 0.980 bits per heavy atom. The van der Waals surface area contributed by atoms with Gasteiger partial charge in [-0.05, 0) is 35.4 Å². The van der Waals surface area contributed by atoms with Gasteiger partial charge in [-0.25, -0.2) is 19.9 Å². The van der Waals surface area contributed by atoms with E-state index in [1.54, 1.807) is 0 Å². The molecule has 0 atom stereocenters. The van der Waals surface area contributed by atoms with Crippen molar-refractivity contribution in [3.8, 4) is 51.1 Å². The Kier molecular flexibility index (Phi) is 6.60. The summed E-state index contributed by atoms with van der Waals surface area (Å²) < 4.78 is 4.86. The van der Waals surface area contributed by atoms with Crippen LogP contribution in [0.5, 0.6) is 0 Å². The molecule has 0 bridgehead atoms. The summed E-state index contributed by atoms with van der Waals surface area (Å²) in [5.41, 5.74) is 7.32. The van der Waals surface area contributed by atoms with Crippen LogP contribution in [0.3, 0.4) is 0 Å². The molecule has 0 aliphatic rings. The first-order valence-corrected chi connectivity index (χ1v) is 17.4. The lowest BCUT2D eigenvalue weighted by Gasteiger charge is -2.11. The minimum atomic E-state index is 0.581. The van der Waals surface area contributed by atoms with Crippen molar-refractivity contribution in [1.29, 1.82) is 0 Å². The molecule has 234 valence electrons. The highest BCUT2D eigenvalue weighted by Gasteiger charge is 2.20. The van der Waals surface area contributed by atoms with Crippen molar-refractivity contribution in [2.24, 2.45) is 0 Å². The van der Waals surface area contributed by atoms with Gasteiger partial charge >= 0.3 is 0 Å². The second-order valence-electron chi connectivity index (χ2n) is 12.3. The molecule has 0 radical (unpaired) electrons.